The quantitative estimate of drug-likeness (QED) is 0.612. The van der Waals surface area contributed by atoms with Crippen LogP contribution in [0, 0.1) is 0 Å². The second-order valence-corrected chi connectivity index (χ2v) is 8.32. The molecule has 0 bridgehead atoms. The van der Waals surface area contributed by atoms with Crippen molar-refractivity contribution in [1.29, 1.82) is 0 Å². The summed E-state index contributed by atoms with van der Waals surface area (Å²) in [6.07, 6.45) is 0. The van der Waals surface area contributed by atoms with Crippen molar-refractivity contribution in [3.8, 4) is 5.75 Å². The molecule has 1 aliphatic heterocycles. The van der Waals surface area contributed by atoms with Gasteiger partial charge >= 0.3 is 5.97 Å². The highest BCUT2D eigenvalue weighted by atomic mass is 32.2. The molecule has 150 valence electrons. The van der Waals surface area contributed by atoms with Gasteiger partial charge < -0.3 is 19.3 Å². The molecule has 2 aromatic rings. The number of benzene rings is 1. The Balaban J connectivity index is 1.34. The fourth-order valence-corrected chi connectivity index (χ4v) is 4.57. The van der Waals surface area contributed by atoms with E-state index in [1.807, 2.05) is 41.8 Å². The Hall–Kier alpha value is -2.19. The van der Waals surface area contributed by atoms with Crippen molar-refractivity contribution in [3.05, 3.63) is 46.7 Å². The number of thioether (sulfide) groups is 1. The van der Waals surface area contributed by atoms with Crippen LogP contribution in [0.4, 0.5) is 5.69 Å². The third kappa shape index (κ3) is 5.90. The van der Waals surface area contributed by atoms with Gasteiger partial charge in [-0.25, -0.2) is 0 Å². The highest BCUT2D eigenvalue weighted by Crippen LogP contribution is 2.20. The zero-order valence-electron chi connectivity index (χ0n) is 15.8. The second kappa shape index (κ2) is 10.4. The summed E-state index contributed by atoms with van der Waals surface area (Å²) in [6, 6.07) is 11.9. The maximum Gasteiger partial charge on any atom is 0.316 e. The average molecular weight is 421 g/mol. The fourth-order valence-electron chi connectivity index (χ4n) is 2.91. The van der Waals surface area contributed by atoms with Gasteiger partial charge in [0.15, 0.2) is 6.61 Å². The smallest absolute Gasteiger partial charge is 0.316 e. The normalized spacial score (nSPS) is 14.0. The van der Waals surface area contributed by atoms with E-state index in [4.69, 9.17) is 9.47 Å². The van der Waals surface area contributed by atoms with E-state index in [0.29, 0.717) is 13.1 Å². The molecule has 1 aromatic heterocycles. The minimum atomic E-state index is -0.341. The number of ether oxygens (including phenoxy) is 2. The van der Waals surface area contributed by atoms with E-state index in [0.717, 1.165) is 30.3 Å². The summed E-state index contributed by atoms with van der Waals surface area (Å²) < 4.78 is 10.3. The SMILES string of the molecule is COc1ccc(N2CCN(C(=O)COC(=O)CSCc3cccs3)CC2)cc1. The van der Waals surface area contributed by atoms with Crippen LogP contribution in [-0.2, 0) is 20.1 Å². The summed E-state index contributed by atoms with van der Waals surface area (Å²) in [7, 11) is 1.65. The third-order valence-corrected chi connectivity index (χ3v) is 6.48. The number of amides is 1. The van der Waals surface area contributed by atoms with Crippen molar-refractivity contribution in [2.45, 2.75) is 5.75 Å². The number of carbonyl (C=O) groups excluding carboxylic acids is 2. The van der Waals surface area contributed by atoms with Gasteiger partial charge in [-0.15, -0.1) is 23.1 Å². The van der Waals surface area contributed by atoms with Crippen LogP contribution >= 0.6 is 23.1 Å². The molecule has 0 atom stereocenters. The van der Waals surface area contributed by atoms with Gasteiger partial charge in [0.2, 0.25) is 0 Å². The van der Waals surface area contributed by atoms with Crippen LogP contribution in [0.3, 0.4) is 0 Å². The molecule has 0 saturated carbocycles. The predicted octanol–water partition coefficient (Wildman–Crippen LogP) is 2.88. The summed E-state index contributed by atoms with van der Waals surface area (Å²) in [5.41, 5.74) is 1.11. The summed E-state index contributed by atoms with van der Waals surface area (Å²) in [4.78, 5) is 29.3. The van der Waals surface area contributed by atoms with Gasteiger partial charge in [-0.2, -0.15) is 0 Å². The van der Waals surface area contributed by atoms with Gasteiger partial charge in [0.25, 0.3) is 5.91 Å². The van der Waals surface area contributed by atoms with E-state index in [-0.39, 0.29) is 24.2 Å². The summed E-state index contributed by atoms with van der Waals surface area (Å²) in [5, 5.41) is 2.02. The summed E-state index contributed by atoms with van der Waals surface area (Å²) >= 11 is 3.17. The molecule has 6 nitrogen and oxygen atoms in total. The van der Waals surface area contributed by atoms with Crippen LogP contribution in [0.2, 0.25) is 0 Å². The topological polar surface area (TPSA) is 59.1 Å². The van der Waals surface area contributed by atoms with E-state index < -0.39 is 0 Å². The van der Waals surface area contributed by atoms with Gasteiger partial charge in [0.05, 0.1) is 12.9 Å². The maximum absolute atomic E-state index is 12.3. The maximum atomic E-state index is 12.3. The molecule has 2 heterocycles. The lowest BCUT2D eigenvalue weighted by atomic mass is 10.2. The van der Waals surface area contributed by atoms with Crippen molar-refractivity contribution in [2.24, 2.45) is 0 Å². The van der Waals surface area contributed by atoms with E-state index in [1.165, 1.54) is 16.6 Å². The number of piperazine rings is 1. The number of anilines is 1. The molecule has 0 radical (unpaired) electrons. The molecule has 0 unspecified atom stereocenters. The number of nitrogens with zero attached hydrogens (tertiary/aromatic N) is 2. The Morgan fingerprint density at radius 2 is 1.86 bits per heavy atom. The molecular formula is C20H24N2O4S2. The molecule has 0 N–H and O–H groups in total. The minimum Gasteiger partial charge on any atom is -0.497 e. The van der Waals surface area contributed by atoms with Crippen LogP contribution in [0.15, 0.2) is 41.8 Å². The second-order valence-electron chi connectivity index (χ2n) is 6.30. The zero-order chi connectivity index (χ0) is 19.8. The van der Waals surface area contributed by atoms with Gasteiger partial charge in [0, 0.05) is 42.5 Å². The number of hydrogen-bond acceptors (Lipinski definition) is 7. The number of methoxy groups -OCH3 is 1. The molecule has 0 aliphatic carbocycles. The molecular weight excluding hydrogens is 396 g/mol. The molecule has 8 heteroatoms. The van der Waals surface area contributed by atoms with Crippen LogP contribution in [-0.4, -0.2) is 62.4 Å². The van der Waals surface area contributed by atoms with Crippen LogP contribution < -0.4 is 9.64 Å². The zero-order valence-corrected chi connectivity index (χ0v) is 17.5. The van der Waals surface area contributed by atoms with Gasteiger partial charge in [-0.1, -0.05) is 6.07 Å². The highest BCUT2D eigenvalue weighted by molar-refractivity contribution is 7.99. The number of carbonyl (C=O) groups is 2. The first-order valence-corrected chi connectivity index (χ1v) is 11.1. The molecule has 28 heavy (non-hydrogen) atoms. The standard InChI is InChI=1S/C20H24N2O4S2/c1-25-17-6-4-16(5-7-17)21-8-10-22(11-9-21)19(23)13-26-20(24)15-27-14-18-3-2-12-28-18/h2-7,12H,8-11,13-15H2,1H3. The van der Waals surface area contributed by atoms with Crippen LogP contribution in [0.25, 0.3) is 0 Å². The number of esters is 1. The number of rotatable bonds is 8. The molecule has 0 spiro atoms. The molecule has 1 fully saturated rings. The fraction of sp³-hybridized carbons (Fsp3) is 0.400. The Kier molecular flexibility index (Phi) is 7.62. The molecule has 1 aliphatic rings. The monoisotopic (exact) mass is 420 g/mol. The molecule has 3 rings (SSSR count). The van der Waals surface area contributed by atoms with Crippen molar-refractivity contribution in [1.82, 2.24) is 4.90 Å². The highest BCUT2D eigenvalue weighted by Gasteiger charge is 2.22. The Labute approximate surface area is 173 Å². The summed E-state index contributed by atoms with van der Waals surface area (Å²) in [5.74, 6) is 1.40. The van der Waals surface area contributed by atoms with Gasteiger partial charge in [-0.3, -0.25) is 9.59 Å². The minimum absolute atomic E-state index is 0.133. The third-order valence-electron chi connectivity index (χ3n) is 4.47. The Morgan fingerprint density at radius 3 is 2.50 bits per heavy atom. The average Bonchev–Trinajstić information content (AvgIpc) is 3.26. The molecule has 1 amide bonds. The molecule has 1 aromatic carbocycles. The van der Waals surface area contributed by atoms with Crippen molar-refractivity contribution in [2.75, 3.05) is 50.5 Å². The van der Waals surface area contributed by atoms with Crippen LogP contribution in [0.1, 0.15) is 4.88 Å². The Bertz CT molecular complexity index is 757. The summed E-state index contributed by atoms with van der Waals surface area (Å²) in [6.45, 7) is 2.57. The lowest BCUT2D eigenvalue weighted by molar-refractivity contribution is -0.150. The van der Waals surface area contributed by atoms with E-state index in [1.54, 1.807) is 23.3 Å². The lowest BCUT2D eigenvalue weighted by Gasteiger charge is -2.36. The van der Waals surface area contributed by atoms with Gasteiger partial charge in [0.1, 0.15) is 5.75 Å². The largest absolute Gasteiger partial charge is 0.497 e. The van der Waals surface area contributed by atoms with Crippen molar-refractivity contribution < 1.29 is 19.1 Å². The number of hydrogen-bond donors (Lipinski definition) is 0. The Morgan fingerprint density at radius 1 is 1.11 bits per heavy atom. The first-order valence-electron chi connectivity index (χ1n) is 9.08. The predicted molar refractivity (Wildman–Crippen MR) is 113 cm³/mol. The first kappa shape index (κ1) is 20.5. The van der Waals surface area contributed by atoms with Crippen molar-refractivity contribution >= 4 is 40.7 Å². The van der Waals surface area contributed by atoms with Gasteiger partial charge in [-0.05, 0) is 35.7 Å². The van der Waals surface area contributed by atoms with Crippen LogP contribution in [0.5, 0.6) is 5.75 Å². The van der Waals surface area contributed by atoms with E-state index >= 15 is 0 Å². The molecule has 1 saturated heterocycles. The first-order chi connectivity index (χ1) is 13.7. The van der Waals surface area contributed by atoms with E-state index in [9.17, 15) is 9.59 Å². The number of thiophene rings is 1. The lowest BCUT2D eigenvalue weighted by Crippen LogP contribution is -2.50. The van der Waals surface area contributed by atoms with E-state index in [2.05, 4.69) is 4.90 Å². The van der Waals surface area contributed by atoms with Crippen molar-refractivity contribution in [3.63, 3.8) is 0 Å².